The average molecular weight is 335 g/mol. The van der Waals surface area contributed by atoms with Gasteiger partial charge in [-0.05, 0) is 19.1 Å². The minimum Gasteiger partial charge on any atom is -0.339 e. The number of aryl methyl sites for hydroxylation is 1. The summed E-state index contributed by atoms with van der Waals surface area (Å²) >= 11 is 1.32. The molecule has 1 atom stereocenters. The number of hydrogen-bond donors (Lipinski definition) is 1. The first-order chi connectivity index (χ1) is 11.7. The summed E-state index contributed by atoms with van der Waals surface area (Å²) in [7, 11) is 0. The molecule has 0 saturated carbocycles. The molecule has 3 aromatic rings. The number of carbonyl (C=O) groups excluding carboxylic acids is 1. The number of ketones is 1. The molecule has 0 unspecified atom stereocenters. The number of Topliss-reactive ketones (excluding diaryl/α,β-unsaturated/α-hetero) is 1. The molecule has 118 valence electrons. The van der Waals surface area contributed by atoms with Crippen LogP contribution in [0, 0.1) is 18.3 Å². The molecule has 0 spiro atoms. The van der Waals surface area contributed by atoms with Gasteiger partial charge in [-0.2, -0.15) is 5.26 Å². The van der Waals surface area contributed by atoms with Gasteiger partial charge in [-0.25, -0.2) is 9.97 Å². The van der Waals surface area contributed by atoms with Crippen LogP contribution < -0.4 is 5.32 Å². The van der Waals surface area contributed by atoms with E-state index in [-0.39, 0.29) is 5.78 Å². The van der Waals surface area contributed by atoms with Crippen LogP contribution in [0.3, 0.4) is 0 Å². The van der Waals surface area contributed by atoms with Crippen molar-refractivity contribution in [1.82, 2.24) is 15.0 Å². The normalized spacial score (nSPS) is 11.5. The third kappa shape index (κ3) is 3.45. The molecule has 1 aromatic carbocycles. The van der Waals surface area contributed by atoms with Gasteiger partial charge in [0.05, 0.1) is 12.3 Å². The maximum atomic E-state index is 12.7. The third-order valence-corrected chi connectivity index (χ3v) is 4.29. The number of anilines is 2. The number of rotatable bonds is 5. The summed E-state index contributed by atoms with van der Waals surface area (Å²) < 4.78 is 0. The van der Waals surface area contributed by atoms with Gasteiger partial charge < -0.3 is 5.32 Å². The van der Waals surface area contributed by atoms with Crippen LogP contribution in [-0.4, -0.2) is 20.7 Å². The predicted octanol–water partition coefficient (Wildman–Crippen LogP) is 3.48. The number of aromatic nitrogens is 3. The SMILES string of the molecule is Cc1csc([C@H](C#N)C(=O)c2cccc(Nc3cnccn3)c2)n1. The Bertz CT molecular complexity index is 901. The van der Waals surface area contributed by atoms with Crippen molar-refractivity contribution < 1.29 is 4.79 Å². The molecule has 24 heavy (non-hydrogen) atoms. The summed E-state index contributed by atoms with van der Waals surface area (Å²) in [5, 5.41) is 14.8. The molecule has 0 fully saturated rings. The van der Waals surface area contributed by atoms with Crippen LogP contribution in [0.15, 0.2) is 48.2 Å². The quantitative estimate of drug-likeness (QED) is 0.718. The maximum absolute atomic E-state index is 12.7. The molecule has 2 aromatic heterocycles. The Morgan fingerprint density at radius 3 is 2.92 bits per heavy atom. The fourth-order valence-corrected chi connectivity index (χ4v) is 3.00. The van der Waals surface area contributed by atoms with E-state index in [9.17, 15) is 10.1 Å². The highest BCUT2D eigenvalue weighted by Crippen LogP contribution is 2.25. The van der Waals surface area contributed by atoms with Crippen molar-refractivity contribution in [3.05, 3.63) is 64.5 Å². The first-order valence-corrected chi connectivity index (χ1v) is 8.04. The first kappa shape index (κ1) is 15.8. The highest BCUT2D eigenvalue weighted by atomic mass is 32.1. The van der Waals surface area contributed by atoms with Crippen molar-refractivity contribution in [2.45, 2.75) is 12.8 Å². The van der Waals surface area contributed by atoms with Gasteiger partial charge in [0.15, 0.2) is 11.7 Å². The number of nitriles is 1. The zero-order valence-corrected chi connectivity index (χ0v) is 13.6. The lowest BCUT2D eigenvalue weighted by molar-refractivity contribution is 0.0979. The van der Waals surface area contributed by atoms with E-state index in [1.807, 2.05) is 18.4 Å². The van der Waals surface area contributed by atoms with E-state index in [4.69, 9.17) is 0 Å². The smallest absolute Gasteiger partial charge is 0.187 e. The van der Waals surface area contributed by atoms with Crippen molar-refractivity contribution in [3.63, 3.8) is 0 Å². The summed E-state index contributed by atoms with van der Waals surface area (Å²) in [6, 6.07) is 9.02. The molecule has 0 saturated heterocycles. The van der Waals surface area contributed by atoms with Crippen LogP contribution in [0.25, 0.3) is 0 Å². The van der Waals surface area contributed by atoms with Gasteiger partial charge >= 0.3 is 0 Å². The Labute approximate surface area is 142 Å². The molecule has 0 aliphatic rings. The van der Waals surface area contributed by atoms with E-state index in [0.717, 1.165) is 5.69 Å². The molecule has 0 amide bonds. The monoisotopic (exact) mass is 335 g/mol. The van der Waals surface area contributed by atoms with Crippen molar-refractivity contribution in [3.8, 4) is 6.07 Å². The topological polar surface area (TPSA) is 91.6 Å². The fourth-order valence-electron chi connectivity index (χ4n) is 2.16. The Balaban J connectivity index is 1.85. The van der Waals surface area contributed by atoms with Crippen LogP contribution >= 0.6 is 11.3 Å². The largest absolute Gasteiger partial charge is 0.339 e. The Morgan fingerprint density at radius 2 is 2.25 bits per heavy atom. The second kappa shape index (κ2) is 6.98. The van der Waals surface area contributed by atoms with Crippen molar-refractivity contribution >= 4 is 28.6 Å². The number of benzene rings is 1. The summed E-state index contributed by atoms with van der Waals surface area (Å²) in [4.78, 5) is 25.0. The van der Waals surface area contributed by atoms with E-state index in [2.05, 4.69) is 26.3 Å². The molecule has 6 nitrogen and oxygen atoms in total. The molecule has 3 rings (SSSR count). The molecule has 0 aliphatic carbocycles. The second-order valence-corrected chi connectivity index (χ2v) is 5.94. The lowest BCUT2D eigenvalue weighted by Crippen LogP contribution is -2.11. The van der Waals surface area contributed by atoms with Gasteiger partial charge in [0.2, 0.25) is 0 Å². The molecule has 0 radical (unpaired) electrons. The van der Waals surface area contributed by atoms with Crippen LogP contribution in [-0.2, 0) is 0 Å². The van der Waals surface area contributed by atoms with Crippen molar-refractivity contribution in [1.29, 1.82) is 5.26 Å². The lowest BCUT2D eigenvalue weighted by Gasteiger charge is -2.09. The Kier molecular flexibility index (Phi) is 4.59. The number of thiazole rings is 1. The average Bonchev–Trinajstić information content (AvgIpc) is 3.03. The Morgan fingerprint density at radius 1 is 1.38 bits per heavy atom. The predicted molar refractivity (Wildman–Crippen MR) is 91.3 cm³/mol. The number of carbonyl (C=O) groups is 1. The summed E-state index contributed by atoms with van der Waals surface area (Å²) in [6.45, 7) is 1.84. The summed E-state index contributed by atoms with van der Waals surface area (Å²) in [5.41, 5.74) is 1.96. The maximum Gasteiger partial charge on any atom is 0.187 e. The van der Waals surface area contributed by atoms with Crippen LogP contribution in [0.2, 0.25) is 0 Å². The van der Waals surface area contributed by atoms with E-state index >= 15 is 0 Å². The van der Waals surface area contributed by atoms with E-state index in [1.54, 1.807) is 36.8 Å². The van der Waals surface area contributed by atoms with Gasteiger partial charge in [0.1, 0.15) is 10.8 Å². The van der Waals surface area contributed by atoms with Gasteiger partial charge in [-0.3, -0.25) is 9.78 Å². The van der Waals surface area contributed by atoms with Crippen LogP contribution in [0.4, 0.5) is 11.5 Å². The minimum atomic E-state index is -0.893. The minimum absolute atomic E-state index is 0.269. The number of hydrogen-bond acceptors (Lipinski definition) is 7. The highest BCUT2D eigenvalue weighted by molar-refractivity contribution is 7.10. The molecule has 7 heteroatoms. The highest BCUT2D eigenvalue weighted by Gasteiger charge is 2.24. The second-order valence-electron chi connectivity index (χ2n) is 5.05. The lowest BCUT2D eigenvalue weighted by atomic mass is 9.99. The number of nitrogens with one attached hydrogen (secondary N) is 1. The summed E-state index contributed by atoms with van der Waals surface area (Å²) in [6.07, 6.45) is 4.75. The van der Waals surface area contributed by atoms with E-state index in [0.29, 0.717) is 22.1 Å². The van der Waals surface area contributed by atoms with Crippen molar-refractivity contribution in [2.75, 3.05) is 5.32 Å². The van der Waals surface area contributed by atoms with Crippen LogP contribution in [0.5, 0.6) is 0 Å². The molecule has 2 heterocycles. The van der Waals surface area contributed by atoms with Crippen molar-refractivity contribution in [2.24, 2.45) is 0 Å². The number of nitrogens with zero attached hydrogens (tertiary/aromatic N) is 4. The van der Waals surface area contributed by atoms with Gasteiger partial charge in [-0.1, -0.05) is 12.1 Å². The molecular weight excluding hydrogens is 322 g/mol. The van der Waals surface area contributed by atoms with Crippen LogP contribution in [0.1, 0.15) is 27.0 Å². The van der Waals surface area contributed by atoms with Gasteiger partial charge in [0, 0.05) is 34.7 Å². The van der Waals surface area contributed by atoms with Gasteiger partial charge in [0.25, 0.3) is 0 Å². The summed E-state index contributed by atoms with van der Waals surface area (Å²) in [5.74, 6) is -0.584. The zero-order chi connectivity index (χ0) is 16.9. The molecule has 1 N–H and O–H groups in total. The van der Waals surface area contributed by atoms with E-state index in [1.165, 1.54) is 11.3 Å². The van der Waals surface area contributed by atoms with Gasteiger partial charge in [-0.15, -0.1) is 11.3 Å². The first-order valence-electron chi connectivity index (χ1n) is 7.16. The Hall–Kier alpha value is -3.11. The standard InChI is InChI=1S/C17H13N5OS/c1-11-10-24-17(21-11)14(8-18)16(23)12-3-2-4-13(7-12)22-15-9-19-5-6-20-15/h2-7,9-10,14H,1H3,(H,20,22)/t14-/m1/s1. The fraction of sp³-hybridized carbons (Fsp3) is 0.118. The zero-order valence-electron chi connectivity index (χ0n) is 12.8. The molecular formula is C17H13N5OS. The third-order valence-electron chi connectivity index (χ3n) is 3.26. The molecule has 0 aliphatic heterocycles. The van der Waals surface area contributed by atoms with E-state index < -0.39 is 5.92 Å². The molecule has 0 bridgehead atoms.